The van der Waals surface area contributed by atoms with Gasteiger partial charge in [0.1, 0.15) is 5.75 Å². The van der Waals surface area contributed by atoms with Gasteiger partial charge in [-0.1, -0.05) is 12.1 Å². The van der Waals surface area contributed by atoms with Crippen LogP contribution >= 0.6 is 0 Å². The highest BCUT2D eigenvalue weighted by Crippen LogP contribution is 2.31. The van der Waals surface area contributed by atoms with Crippen molar-refractivity contribution in [2.24, 2.45) is 0 Å². The highest BCUT2D eigenvalue weighted by atomic mass is 16.6. The maximum absolute atomic E-state index is 12.8. The number of hydrogen-bond acceptors (Lipinski definition) is 6. The molecular formula is C22H21N3O5. The zero-order valence-corrected chi connectivity index (χ0v) is 16.6. The number of carbonyl (C=O) groups excluding carboxylic acids is 3. The molecule has 30 heavy (non-hydrogen) atoms. The van der Waals surface area contributed by atoms with Crippen molar-refractivity contribution in [3.8, 4) is 11.8 Å². The van der Waals surface area contributed by atoms with Crippen LogP contribution < -0.4 is 15.0 Å². The zero-order valence-electron chi connectivity index (χ0n) is 16.6. The van der Waals surface area contributed by atoms with Gasteiger partial charge >= 0.3 is 5.97 Å². The van der Waals surface area contributed by atoms with Gasteiger partial charge in [0.25, 0.3) is 5.91 Å². The zero-order chi connectivity index (χ0) is 21.7. The summed E-state index contributed by atoms with van der Waals surface area (Å²) in [4.78, 5) is 38.6. The third kappa shape index (κ3) is 4.75. The lowest BCUT2D eigenvalue weighted by Gasteiger charge is -2.27. The second-order valence-electron chi connectivity index (χ2n) is 6.89. The van der Waals surface area contributed by atoms with E-state index in [2.05, 4.69) is 5.32 Å². The highest BCUT2D eigenvalue weighted by molar-refractivity contribution is 6.05. The van der Waals surface area contributed by atoms with Crippen LogP contribution in [0.5, 0.6) is 5.75 Å². The Labute approximate surface area is 174 Å². The summed E-state index contributed by atoms with van der Waals surface area (Å²) in [7, 11) is 0. The highest BCUT2D eigenvalue weighted by Gasteiger charge is 2.30. The van der Waals surface area contributed by atoms with E-state index >= 15 is 0 Å². The minimum Gasteiger partial charge on any atom is -0.479 e. The first kappa shape index (κ1) is 20.9. The number of anilines is 2. The normalized spacial score (nSPS) is 16.4. The predicted molar refractivity (Wildman–Crippen MR) is 109 cm³/mol. The lowest BCUT2D eigenvalue weighted by molar-refractivity contribution is -0.154. The Balaban J connectivity index is 1.63. The number of nitrogens with one attached hydrogen (secondary N) is 1. The fourth-order valence-electron chi connectivity index (χ4n) is 3.15. The lowest BCUT2D eigenvalue weighted by atomic mass is 10.1. The van der Waals surface area contributed by atoms with Gasteiger partial charge in [-0.2, -0.15) is 5.26 Å². The molecule has 2 atom stereocenters. The molecule has 0 aliphatic carbocycles. The Bertz CT molecular complexity index is 997. The molecule has 1 heterocycles. The number of nitrogens with zero attached hydrogens (tertiary/aromatic N) is 2. The summed E-state index contributed by atoms with van der Waals surface area (Å²) in [6, 6.07) is 14.9. The van der Waals surface area contributed by atoms with Crippen LogP contribution in [0.1, 0.15) is 25.8 Å². The van der Waals surface area contributed by atoms with Gasteiger partial charge in [-0.05, 0) is 50.2 Å². The molecule has 0 aromatic heterocycles. The molecule has 154 valence electrons. The second kappa shape index (κ2) is 9.09. The van der Waals surface area contributed by atoms with E-state index in [0.717, 1.165) is 0 Å². The van der Waals surface area contributed by atoms with Gasteiger partial charge in [0.2, 0.25) is 5.91 Å². The SMILES string of the molecule is C[C@@H](Oc1ccc(C#N)cc1)C(=O)OCC(=O)N1c2ccccc2NC(=O)C[C@@H]1C. The van der Waals surface area contributed by atoms with Crippen molar-refractivity contribution in [3.05, 3.63) is 54.1 Å². The summed E-state index contributed by atoms with van der Waals surface area (Å²) in [5, 5.41) is 11.6. The molecule has 1 aliphatic heterocycles. The molecule has 0 fully saturated rings. The summed E-state index contributed by atoms with van der Waals surface area (Å²) >= 11 is 0. The van der Waals surface area contributed by atoms with Crippen LogP contribution in [-0.2, 0) is 19.1 Å². The molecule has 2 aromatic rings. The van der Waals surface area contributed by atoms with Gasteiger partial charge < -0.3 is 19.7 Å². The van der Waals surface area contributed by atoms with E-state index in [1.807, 2.05) is 6.07 Å². The molecule has 1 N–H and O–H groups in total. The molecule has 0 radical (unpaired) electrons. The van der Waals surface area contributed by atoms with E-state index in [-0.39, 0.29) is 12.3 Å². The van der Waals surface area contributed by atoms with Crippen LogP contribution in [0.3, 0.4) is 0 Å². The third-order valence-electron chi connectivity index (χ3n) is 4.59. The summed E-state index contributed by atoms with van der Waals surface area (Å²) in [6.07, 6.45) is -0.810. The number of nitriles is 1. The summed E-state index contributed by atoms with van der Waals surface area (Å²) in [6.45, 7) is 2.79. The van der Waals surface area contributed by atoms with E-state index in [0.29, 0.717) is 22.7 Å². The largest absolute Gasteiger partial charge is 0.479 e. The average molecular weight is 407 g/mol. The predicted octanol–water partition coefficient (Wildman–Crippen LogP) is 2.63. The van der Waals surface area contributed by atoms with Crippen molar-refractivity contribution in [2.45, 2.75) is 32.4 Å². The number of para-hydroxylation sites is 2. The number of fused-ring (bicyclic) bond motifs is 1. The van der Waals surface area contributed by atoms with E-state index in [4.69, 9.17) is 14.7 Å². The molecule has 1 aliphatic rings. The number of amides is 2. The monoisotopic (exact) mass is 407 g/mol. The number of esters is 1. The topological polar surface area (TPSA) is 109 Å². The lowest BCUT2D eigenvalue weighted by Crippen LogP contribution is -2.42. The van der Waals surface area contributed by atoms with E-state index in [1.165, 1.54) is 11.8 Å². The van der Waals surface area contributed by atoms with Crippen LogP contribution in [0, 0.1) is 11.3 Å². The average Bonchev–Trinajstić information content (AvgIpc) is 2.86. The molecule has 2 aromatic carbocycles. The Kier molecular flexibility index (Phi) is 6.32. The van der Waals surface area contributed by atoms with E-state index in [9.17, 15) is 14.4 Å². The first-order valence-electron chi connectivity index (χ1n) is 9.43. The number of ether oxygens (including phenoxy) is 2. The van der Waals surface area contributed by atoms with Crippen LogP contribution in [0.25, 0.3) is 0 Å². The molecular weight excluding hydrogens is 386 g/mol. The first-order chi connectivity index (χ1) is 14.4. The number of carbonyl (C=O) groups is 3. The molecule has 0 saturated heterocycles. The van der Waals surface area contributed by atoms with Gasteiger partial charge in [-0.3, -0.25) is 9.59 Å². The number of rotatable bonds is 5. The molecule has 0 saturated carbocycles. The number of benzene rings is 2. The fourth-order valence-corrected chi connectivity index (χ4v) is 3.15. The van der Waals surface area contributed by atoms with Crippen molar-refractivity contribution in [1.82, 2.24) is 0 Å². The van der Waals surface area contributed by atoms with Gasteiger partial charge in [-0.25, -0.2) is 4.79 Å². The Hall–Kier alpha value is -3.86. The van der Waals surface area contributed by atoms with Crippen LogP contribution in [0.2, 0.25) is 0 Å². The molecule has 0 bridgehead atoms. The smallest absolute Gasteiger partial charge is 0.347 e. The summed E-state index contributed by atoms with van der Waals surface area (Å²) in [5.74, 6) is -0.917. The van der Waals surface area contributed by atoms with Gasteiger partial charge in [0, 0.05) is 12.5 Å². The summed E-state index contributed by atoms with van der Waals surface area (Å²) < 4.78 is 10.7. The first-order valence-corrected chi connectivity index (χ1v) is 9.43. The van der Waals surface area contributed by atoms with Crippen molar-refractivity contribution in [2.75, 3.05) is 16.8 Å². The molecule has 2 amide bonds. The maximum Gasteiger partial charge on any atom is 0.347 e. The van der Waals surface area contributed by atoms with Crippen LogP contribution in [0.15, 0.2) is 48.5 Å². The van der Waals surface area contributed by atoms with Crippen molar-refractivity contribution < 1.29 is 23.9 Å². The quantitative estimate of drug-likeness (QED) is 0.763. The molecule has 0 unspecified atom stereocenters. The standard InChI is InChI=1S/C22H21N3O5/c1-14-11-20(26)24-18-5-3-4-6-19(18)25(14)21(27)13-29-22(28)15(2)30-17-9-7-16(12-23)8-10-17/h3-10,14-15H,11,13H2,1-2H3,(H,24,26)/t14-,15+/m0/s1. The van der Waals surface area contributed by atoms with Gasteiger partial charge in [0.15, 0.2) is 12.7 Å². The second-order valence-corrected chi connectivity index (χ2v) is 6.89. The minimum atomic E-state index is -0.942. The summed E-state index contributed by atoms with van der Waals surface area (Å²) in [5.41, 5.74) is 1.56. The van der Waals surface area contributed by atoms with Crippen LogP contribution in [0.4, 0.5) is 11.4 Å². The van der Waals surface area contributed by atoms with Crippen molar-refractivity contribution >= 4 is 29.2 Å². The van der Waals surface area contributed by atoms with Crippen molar-refractivity contribution in [1.29, 1.82) is 5.26 Å². The van der Waals surface area contributed by atoms with E-state index < -0.39 is 30.6 Å². The van der Waals surface area contributed by atoms with Gasteiger partial charge in [-0.15, -0.1) is 0 Å². The molecule has 3 rings (SSSR count). The van der Waals surface area contributed by atoms with Crippen molar-refractivity contribution in [3.63, 3.8) is 0 Å². The maximum atomic E-state index is 12.8. The minimum absolute atomic E-state index is 0.132. The van der Waals surface area contributed by atoms with E-state index in [1.54, 1.807) is 55.5 Å². The molecule has 0 spiro atoms. The number of hydrogen-bond donors (Lipinski definition) is 1. The molecule has 8 nitrogen and oxygen atoms in total. The third-order valence-corrected chi connectivity index (χ3v) is 4.59. The van der Waals surface area contributed by atoms with Crippen LogP contribution in [-0.4, -0.2) is 36.5 Å². The van der Waals surface area contributed by atoms with Gasteiger partial charge in [0.05, 0.1) is 23.0 Å². The Morgan fingerprint density at radius 2 is 1.93 bits per heavy atom. The Morgan fingerprint density at radius 1 is 1.23 bits per heavy atom. The Morgan fingerprint density at radius 3 is 2.63 bits per heavy atom. The molecule has 8 heteroatoms. The fraction of sp³-hybridized carbons (Fsp3) is 0.273.